The van der Waals surface area contributed by atoms with Gasteiger partial charge < -0.3 is 11.1 Å². The van der Waals surface area contributed by atoms with E-state index in [1.54, 1.807) is 6.20 Å². The second kappa shape index (κ2) is 4.18. The second-order valence-electron chi connectivity index (χ2n) is 3.67. The highest BCUT2D eigenvalue weighted by Crippen LogP contribution is 2.24. The first kappa shape index (κ1) is 10.4. The van der Waals surface area contributed by atoms with Crippen LogP contribution in [0.1, 0.15) is 17.5 Å². The van der Waals surface area contributed by atoms with Crippen LogP contribution in [0.5, 0.6) is 0 Å². The third-order valence-corrected chi connectivity index (χ3v) is 2.56. The standard InChI is InChI=1S/C12H12N2O2/c13-12(16)11(15)5-9-7-14-6-8-3-1-2-4-10(8)9/h1-4,7,14H,5-6H2,(H2,13,16). The molecule has 1 aromatic carbocycles. The van der Waals surface area contributed by atoms with Crippen molar-refractivity contribution in [3.63, 3.8) is 0 Å². The van der Waals surface area contributed by atoms with Crippen molar-refractivity contribution < 1.29 is 9.59 Å². The van der Waals surface area contributed by atoms with Gasteiger partial charge in [0.2, 0.25) is 5.78 Å². The van der Waals surface area contributed by atoms with E-state index in [0.717, 1.165) is 23.2 Å². The number of hydrogen-bond donors (Lipinski definition) is 2. The Balaban J connectivity index is 2.26. The zero-order chi connectivity index (χ0) is 11.5. The fourth-order valence-corrected chi connectivity index (χ4v) is 1.76. The Bertz CT molecular complexity index is 478. The van der Waals surface area contributed by atoms with E-state index in [1.807, 2.05) is 24.3 Å². The van der Waals surface area contributed by atoms with Gasteiger partial charge >= 0.3 is 0 Å². The van der Waals surface area contributed by atoms with Gasteiger partial charge in [-0.15, -0.1) is 0 Å². The molecule has 0 bridgehead atoms. The van der Waals surface area contributed by atoms with Crippen molar-refractivity contribution in [3.05, 3.63) is 41.6 Å². The monoisotopic (exact) mass is 216 g/mol. The Morgan fingerprint density at radius 3 is 2.81 bits per heavy atom. The maximum absolute atomic E-state index is 11.3. The minimum Gasteiger partial charge on any atom is -0.387 e. The van der Waals surface area contributed by atoms with Gasteiger partial charge in [0, 0.05) is 19.2 Å². The molecule has 16 heavy (non-hydrogen) atoms. The summed E-state index contributed by atoms with van der Waals surface area (Å²) in [5.41, 5.74) is 7.88. The summed E-state index contributed by atoms with van der Waals surface area (Å²) in [6, 6.07) is 7.78. The van der Waals surface area contributed by atoms with Crippen LogP contribution in [0.4, 0.5) is 0 Å². The molecule has 1 amide bonds. The number of hydrogen-bond acceptors (Lipinski definition) is 3. The summed E-state index contributed by atoms with van der Waals surface area (Å²) in [5.74, 6) is -1.45. The third kappa shape index (κ3) is 1.95. The number of amides is 1. The molecule has 0 spiro atoms. The lowest BCUT2D eigenvalue weighted by Gasteiger charge is -2.17. The SMILES string of the molecule is NC(=O)C(=O)CC1=CNCc2ccccc21. The molecule has 2 rings (SSSR count). The lowest BCUT2D eigenvalue weighted by molar-refractivity contribution is -0.135. The topological polar surface area (TPSA) is 72.2 Å². The molecule has 0 fully saturated rings. The molecule has 0 aliphatic carbocycles. The van der Waals surface area contributed by atoms with Crippen molar-refractivity contribution >= 4 is 17.3 Å². The molecule has 1 aromatic rings. The van der Waals surface area contributed by atoms with Crippen molar-refractivity contribution in [3.8, 4) is 0 Å². The van der Waals surface area contributed by atoms with Crippen molar-refractivity contribution in [2.75, 3.05) is 0 Å². The Morgan fingerprint density at radius 1 is 1.31 bits per heavy atom. The molecular formula is C12H12N2O2. The molecular weight excluding hydrogens is 204 g/mol. The number of Topliss-reactive ketones (excluding diaryl/α,β-unsaturated/α-hetero) is 1. The molecule has 82 valence electrons. The van der Waals surface area contributed by atoms with Crippen LogP contribution in [0.25, 0.3) is 5.57 Å². The van der Waals surface area contributed by atoms with E-state index in [-0.39, 0.29) is 6.42 Å². The average molecular weight is 216 g/mol. The van der Waals surface area contributed by atoms with E-state index in [2.05, 4.69) is 5.32 Å². The van der Waals surface area contributed by atoms with Crippen molar-refractivity contribution in [1.29, 1.82) is 0 Å². The summed E-state index contributed by atoms with van der Waals surface area (Å²) in [4.78, 5) is 22.0. The summed E-state index contributed by atoms with van der Waals surface area (Å²) in [5, 5.41) is 3.07. The molecule has 1 heterocycles. The van der Waals surface area contributed by atoms with Gasteiger partial charge in [-0.2, -0.15) is 0 Å². The van der Waals surface area contributed by atoms with Gasteiger partial charge in [0.15, 0.2) is 0 Å². The quantitative estimate of drug-likeness (QED) is 0.726. The van der Waals surface area contributed by atoms with Crippen LogP contribution < -0.4 is 11.1 Å². The fraction of sp³-hybridized carbons (Fsp3) is 0.167. The smallest absolute Gasteiger partial charge is 0.285 e. The van der Waals surface area contributed by atoms with Gasteiger partial charge in [-0.05, 0) is 16.7 Å². The molecule has 0 saturated carbocycles. The zero-order valence-corrected chi connectivity index (χ0v) is 8.69. The highest BCUT2D eigenvalue weighted by molar-refractivity contribution is 6.37. The zero-order valence-electron chi connectivity index (χ0n) is 8.69. The first-order valence-corrected chi connectivity index (χ1v) is 5.02. The van der Waals surface area contributed by atoms with Crippen LogP contribution in [-0.2, 0) is 16.1 Å². The fourth-order valence-electron chi connectivity index (χ4n) is 1.76. The number of fused-ring (bicyclic) bond motifs is 1. The highest BCUT2D eigenvalue weighted by Gasteiger charge is 2.17. The van der Waals surface area contributed by atoms with Crippen LogP contribution in [0.3, 0.4) is 0 Å². The summed E-state index contributed by atoms with van der Waals surface area (Å²) >= 11 is 0. The summed E-state index contributed by atoms with van der Waals surface area (Å²) < 4.78 is 0. The van der Waals surface area contributed by atoms with Gasteiger partial charge in [-0.3, -0.25) is 9.59 Å². The van der Waals surface area contributed by atoms with Crippen LogP contribution in [0.2, 0.25) is 0 Å². The Morgan fingerprint density at radius 2 is 2.06 bits per heavy atom. The first-order valence-electron chi connectivity index (χ1n) is 5.02. The predicted octanol–water partition coefficient (Wildman–Crippen LogP) is 0.575. The van der Waals surface area contributed by atoms with E-state index in [1.165, 1.54) is 0 Å². The lowest BCUT2D eigenvalue weighted by Crippen LogP contribution is -2.24. The number of benzene rings is 1. The van der Waals surface area contributed by atoms with Crippen LogP contribution in [0.15, 0.2) is 30.5 Å². The number of carbonyl (C=O) groups excluding carboxylic acids is 2. The van der Waals surface area contributed by atoms with Gasteiger partial charge in [-0.1, -0.05) is 24.3 Å². The second-order valence-corrected chi connectivity index (χ2v) is 3.67. The number of allylic oxidation sites excluding steroid dienone is 1. The number of nitrogens with one attached hydrogen (secondary N) is 1. The van der Waals surface area contributed by atoms with Crippen LogP contribution in [-0.4, -0.2) is 11.7 Å². The largest absolute Gasteiger partial charge is 0.387 e. The molecule has 0 radical (unpaired) electrons. The summed E-state index contributed by atoms with van der Waals surface area (Å²) in [6.07, 6.45) is 1.82. The van der Waals surface area contributed by atoms with Crippen molar-refractivity contribution in [2.24, 2.45) is 5.73 Å². The van der Waals surface area contributed by atoms with Crippen LogP contribution >= 0.6 is 0 Å². The van der Waals surface area contributed by atoms with E-state index in [9.17, 15) is 9.59 Å². The molecule has 0 unspecified atom stereocenters. The number of primary amides is 1. The van der Waals surface area contributed by atoms with Crippen LogP contribution in [0, 0.1) is 0 Å². The molecule has 0 atom stereocenters. The molecule has 0 aromatic heterocycles. The van der Waals surface area contributed by atoms with E-state index in [0.29, 0.717) is 0 Å². The first-order chi connectivity index (χ1) is 7.68. The summed E-state index contributed by atoms with van der Waals surface area (Å²) in [7, 11) is 0. The molecule has 4 nitrogen and oxygen atoms in total. The van der Waals surface area contributed by atoms with Gasteiger partial charge in [0.05, 0.1) is 0 Å². The normalized spacial score (nSPS) is 13.4. The van der Waals surface area contributed by atoms with E-state index in [4.69, 9.17) is 5.73 Å². The maximum Gasteiger partial charge on any atom is 0.285 e. The maximum atomic E-state index is 11.3. The average Bonchev–Trinajstić information content (AvgIpc) is 2.29. The minimum absolute atomic E-state index is 0.0549. The number of carbonyl (C=O) groups is 2. The third-order valence-electron chi connectivity index (χ3n) is 2.56. The summed E-state index contributed by atoms with van der Waals surface area (Å²) in [6.45, 7) is 0.741. The van der Waals surface area contributed by atoms with E-state index >= 15 is 0 Å². The van der Waals surface area contributed by atoms with Crippen molar-refractivity contribution in [2.45, 2.75) is 13.0 Å². The molecule has 4 heteroatoms. The highest BCUT2D eigenvalue weighted by atomic mass is 16.2. The predicted molar refractivity (Wildman–Crippen MR) is 60.1 cm³/mol. The van der Waals surface area contributed by atoms with Gasteiger partial charge in [0.1, 0.15) is 0 Å². The number of nitrogens with two attached hydrogens (primary N) is 1. The Hall–Kier alpha value is -2.10. The minimum atomic E-state index is -0.885. The molecule has 1 aliphatic rings. The lowest BCUT2D eigenvalue weighted by atomic mass is 9.94. The molecule has 3 N–H and O–H groups in total. The number of rotatable bonds is 3. The van der Waals surface area contributed by atoms with E-state index < -0.39 is 11.7 Å². The molecule has 1 aliphatic heterocycles. The molecule has 0 saturated heterocycles. The van der Waals surface area contributed by atoms with Crippen molar-refractivity contribution in [1.82, 2.24) is 5.32 Å². The van der Waals surface area contributed by atoms with Gasteiger partial charge in [-0.25, -0.2) is 0 Å². The Labute approximate surface area is 93.1 Å². The van der Waals surface area contributed by atoms with Gasteiger partial charge in [0.25, 0.3) is 5.91 Å². The number of ketones is 1. The Kier molecular flexibility index (Phi) is 2.72.